The van der Waals surface area contributed by atoms with E-state index >= 15 is 0 Å². The summed E-state index contributed by atoms with van der Waals surface area (Å²) in [6, 6.07) is 10.1. The largest absolute Gasteiger partial charge is 0.342 e. The Morgan fingerprint density at radius 1 is 1.08 bits per heavy atom. The van der Waals surface area contributed by atoms with Gasteiger partial charge in [0.1, 0.15) is 0 Å². The van der Waals surface area contributed by atoms with Crippen LogP contribution >= 0.6 is 0 Å². The van der Waals surface area contributed by atoms with Gasteiger partial charge >= 0.3 is 0 Å². The zero-order valence-electron chi connectivity index (χ0n) is 15.3. The van der Waals surface area contributed by atoms with Crippen molar-refractivity contribution in [2.24, 2.45) is 5.92 Å². The third-order valence-electron chi connectivity index (χ3n) is 5.71. The molecule has 1 aromatic carbocycles. The minimum absolute atomic E-state index is 0.119. The standard InChI is InChI=1S/C19H26N6O/c1-15(18-20-21-22-25(18)17-7-3-2-4-8-17)23-13-9-16(10-14-23)19(26)24-11-5-6-12-24/h2-4,7-8,15-16H,5-6,9-14H2,1H3. The lowest BCUT2D eigenvalue weighted by molar-refractivity contribution is -0.136. The normalized spacial score (nSPS) is 20.4. The summed E-state index contributed by atoms with van der Waals surface area (Å²) >= 11 is 0. The Morgan fingerprint density at radius 2 is 1.77 bits per heavy atom. The molecule has 3 heterocycles. The van der Waals surface area contributed by atoms with Crippen molar-refractivity contribution in [2.45, 2.75) is 38.6 Å². The minimum atomic E-state index is 0.119. The van der Waals surface area contributed by atoms with Gasteiger partial charge in [0.05, 0.1) is 11.7 Å². The van der Waals surface area contributed by atoms with Gasteiger partial charge in [-0.15, -0.1) is 5.10 Å². The molecule has 1 atom stereocenters. The number of nitrogens with zero attached hydrogens (tertiary/aromatic N) is 6. The lowest BCUT2D eigenvalue weighted by Gasteiger charge is -2.36. The maximum Gasteiger partial charge on any atom is 0.225 e. The van der Waals surface area contributed by atoms with Gasteiger partial charge < -0.3 is 4.90 Å². The molecule has 2 aliphatic heterocycles. The van der Waals surface area contributed by atoms with E-state index in [9.17, 15) is 4.79 Å². The van der Waals surface area contributed by atoms with Crippen LogP contribution in [0, 0.1) is 5.92 Å². The summed E-state index contributed by atoms with van der Waals surface area (Å²) in [5.74, 6) is 1.39. The van der Waals surface area contributed by atoms with Gasteiger partial charge in [0, 0.05) is 19.0 Å². The Balaban J connectivity index is 1.41. The molecule has 1 amide bonds. The van der Waals surface area contributed by atoms with Crippen LogP contribution in [0.4, 0.5) is 0 Å². The van der Waals surface area contributed by atoms with Crippen molar-refractivity contribution in [3.05, 3.63) is 36.2 Å². The molecule has 1 aromatic heterocycles. The summed E-state index contributed by atoms with van der Waals surface area (Å²) in [7, 11) is 0. The van der Waals surface area contributed by atoms with Crippen LogP contribution in [0.15, 0.2) is 30.3 Å². The molecular formula is C19H26N6O. The number of rotatable bonds is 4. The summed E-state index contributed by atoms with van der Waals surface area (Å²) < 4.78 is 1.81. The predicted molar refractivity (Wildman–Crippen MR) is 97.7 cm³/mol. The fraction of sp³-hybridized carbons (Fsp3) is 0.579. The molecule has 138 valence electrons. The smallest absolute Gasteiger partial charge is 0.225 e. The first kappa shape index (κ1) is 17.1. The molecule has 7 heteroatoms. The fourth-order valence-electron chi connectivity index (χ4n) is 4.10. The number of para-hydroxylation sites is 1. The molecule has 26 heavy (non-hydrogen) atoms. The maximum absolute atomic E-state index is 12.6. The van der Waals surface area contributed by atoms with Gasteiger partial charge in [0.15, 0.2) is 5.82 Å². The molecule has 7 nitrogen and oxygen atoms in total. The van der Waals surface area contributed by atoms with Gasteiger partial charge in [-0.2, -0.15) is 4.68 Å². The van der Waals surface area contributed by atoms with E-state index in [4.69, 9.17) is 0 Å². The Morgan fingerprint density at radius 3 is 2.46 bits per heavy atom. The minimum Gasteiger partial charge on any atom is -0.342 e. The highest BCUT2D eigenvalue weighted by molar-refractivity contribution is 5.79. The van der Waals surface area contributed by atoms with Crippen LogP contribution in [-0.4, -0.2) is 62.1 Å². The van der Waals surface area contributed by atoms with Gasteiger partial charge in [-0.05, 0) is 68.3 Å². The summed E-state index contributed by atoms with van der Waals surface area (Å²) in [4.78, 5) is 17.1. The lowest BCUT2D eigenvalue weighted by Crippen LogP contribution is -2.42. The number of carbonyl (C=O) groups is 1. The van der Waals surface area contributed by atoms with Crippen LogP contribution in [0.5, 0.6) is 0 Å². The second kappa shape index (κ2) is 7.53. The highest BCUT2D eigenvalue weighted by Crippen LogP contribution is 2.28. The molecular weight excluding hydrogens is 328 g/mol. The summed E-state index contributed by atoms with van der Waals surface area (Å²) in [5.41, 5.74) is 0.971. The molecule has 4 rings (SSSR count). The van der Waals surface area contributed by atoms with E-state index in [0.29, 0.717) is 5.91 Å². The number of carbonyl (C=O) groups excluding carboxylic acids is 1. The Kier molecular flexibility index (Phi) is 4.97. The molecule has 2 aromatic rings. The molecule has 0 N–H and O–H groups in total. The van der Waals surface area contributed by atoms with E-state index in [-0.39, 0.29) is 12.0 Å². The van der Waals surface area contributed by atoms with Crippen LogP contribution in [0.1, 0.15) is 44.5 Å². The van der Waals surface area contributed by atoms with Gasteiger partial charge in [-0.25, -0.2) is 0 Å². The molecule has 2 saturated heterocycles. The van der Waals surface area contributed by atoms with Crippen molar-refractivity contribution in [1.29, 1.82) is 0 Å². The maximum atomic E-state index is 12.6. The second-order valence-corrected chi connectivity index (χ2v) is 7.30. The highest BCUT2D eigenvalue weighted by atomic mass is 16.2. The van der Waals surface area contributed by atoms with Crippen LogP contribution in [-0.2, 0) is 4.79 Å². The zero-order valence-corrected chi connectivity index (χ0v) is 15.3. The van der Waals surface area contributed by atoms with Gasteiger partial charge in [0.25, 0.3) is 0 Å². The number of benzene rings is 1. The molecule has 2 aliphatic rings. The summed E-state index contributed by atoms with van der Waals surface area (Å²) in [5, 5.41) is 12.3. The third-order valence-corrected chi connectivity index (χ3v) is 5.71. The van der Waals surface area contributed by atoms with Gasteiger partial charge in [-0.3, -0.25) is 9.69 Å². The van der Waals surface area contributed by atoms with E-state index in [2.05, 4.69) is 32.2 Å². The van der Waals surface area contributed by atoms with Crippen LogP contribution in [0.3, 0.4) is 0 Å². The van der Waals surface area contributed by atoms with Gasteiger partial charge in [-0.1, -0.05) is 18.2 Å². The van der Waals surface area contributed by atoms with Crippen molar-refractivity contribution < 1.29 is 4.79 Å². The monoisotopic (exact) mass is 354 g/mol. The Labute approximate surface area is 154 Å². The quantitative estimate of drug-likeness (QED) is 0.841. The van der Waals surface area contributed by atoms with E-state index in [1.54, 1.807) is 0 Å². The van der Waals surface area contributed by atoms with Crippen molar-refractivity contribution in [2.75, 3.05) is 26.2 Å². The average molecular weight is 354 g/mol. The van der Waals surface area contributed by atoms with E-state index < -0.39 is 0 Å². The first-order chi connectivity index (χ1) is 12.7. The average Bonchev–Trinajstić information content (AvgIpc) is 3.39. The first-order valence-corrected chi connectivity index (χ1v) is 9.60. The number of piperidine rings is 1. The first-order valence-electron chi connectivity index (χ1n) is 9.60. The molecule has 0 spiro atoms. The third kappa shape index (κ3) is 3.35. The van der Waals surface area contributed by atoms with Crippen molar-refractivity contribution >= 4 is 5.91 Å². The van der Waals surface area contributed by atoms with Crippen LogP contribution in [0.25, 0.3) is 5.69 Å². The van der Waals surface area contributed by atoms with E-state index in [1.807, 2.05) is 35.0 Å². The van der Waals surface area contributed by atoms with E-state index in [1.165, 1.54) is 0 Å². The Bertz CT molecular complexity index is 731. The van der Waals surface area contributed by atoms with Gasteiger partial charge in [0.2, 0.25) is 5.91 Å². The molecule has 0 bridgehead atoms. The number of tetrazole rings is 1. The number of hydrogen-bond acceptors (Lipinski definition) is 5. The number of aromatic nitrogens is 4. The zero-order chi connectivity index (χ0) is 17.9. The topological polar surface area (TPSA) is 67.2 Å². The number of likely N-dealkylation sites (tertiary alicyclic amines) is 2. The summed E-state index contributed by atoms with van der Waals surface area (Å²) in [6.07, 6.45) is 4.16. The highest BCUT2D eigenvalue weighted by Gasteiger charge is 2.32. The molecule has 1 unspecified atom stereocenters. The molecule has 2 fully saturated rings. The fourth-order valence-corrected chi connectivity index (χ4v) is 4.10. The SMILES string of the molecule is CC(c1nnnn1-c1ccccc1)N1CCC(C(=O)N2CCCC2)CC1. The molecule has 0 aliphatic carbocycles. The van der Waals surface area contributed by atoms with Crippen molar-refractivity contribution in [3.8, 4) is 5.69 Å². The number of hydrogen-bond donors (Lipinski definition) is 0. The summed E-state index contributed by atoms with van der Waals surface area (Å²) in [6.45, 7) is 5.86. The molecule has 0 radical (unpaired) electrons. The number of amides is 1. The van der Waals surface area contributed by atoms with Crippen molar-refractivity contribution in [1.82, 2.24) is 30.0 Å². The van der Waals surface area contributed by atoms with E-state index in [0.717, 1.165) is 63.4 Å². The second-order valence-electron chi connectivity index (χ2n) is 7.30. The lowest BCUT2D eigenvalue weighted by atomic mass is 9.94. The Hall–Kier alpha value is -2.28. The van der Waals surface area contributed by atoms with Crippen LogP contribution < -0.4 is 0 Å². The van der Waals surface area contributed by atoms with Crippen molar-refractivity contribution in [3.63, 3.8) is 0 Å². The van der Waals surface area contributed by atoms with Crippen LogP contribution in [0.2, 0.25) is 0 Å². The molecule has 0 saturated carbocycles. The predicted octanol–water partition coefficient (Wildman–Crippen LogP) is 2.06.